The van der Waals surface area contributed by atoms with Gasteiger partial charge >= 0.3 is 0 Å². The molecule has 0 aliphatic heterocycles. The number of hydrogen-bond donors (Lipinski definition) is 0. The van der Waals surface area contributed by atoms with Crippen LogP contribution in [0.25, 0.3) is 0 Å². The molecule has 0 saturated heterocycles. The highest BCUT2D eigenvalue weighted by atomic mass is 32.2. The molecule has 12 heavy (non-hydrogen) atoms. The molecule has 3 heteroatoms. The summed E-state index contributed by atoms with van der Waals surface area (Å²) >= 11 is 1.48. The molecule has 0 amide bonds. The standard InChI is InChI=1S/C9H10F2S/c1-6-3-7(5-12-2)9(11)8(10)4-6/h3-4H,5H2,1-2H3. The fourth-order valence-corrected chi connectivity index (χ4v) is 1.58. The number of benzene rings is 1. The van der Waals surface area contributed by atoms with Gasteiger partial charge in [-0.25, -0.2) is 8.78 Å². The molecule has 1 aromatic rings. The van der Waals surface area contributed by atoms with Gasteiger partial charge in [-0.3, -0.25) is 0 Å². The summed E-state index contributed by atoms with van der Waals surface area (Å²) in [5.41, 5.74) is 1.21. The van der Waals surface area contributed by atoms with Crippen molar-refractivity contribution in [2.24, 2.45) is 0 Å². The number of hydrogen-bond acceptors (Lipinski definition) is 1. The van der Waals surface area contributed by atoms with Crippen LogP contribution in [-0.4, -0.2) is 6.26 Å². The molecule has 0 spiro atoms. The van der Waals surface area contributed by atoms with Gasteiger partial charge in [0.15, 0.2) is 11.6 Å². The Balaban J connectivity index is 3.09. The van der Waals surface area contributed by atoms with Crippen LogP contribution in [0.15, 0.2) is 12.1 Å². The van der Waals surface area contributed by atoms with Crippen LogP contribution in [0.3, 0.4) is 0 Å². The SMILES string of the molecule is CSCc1cc(C)cc(F)c1F. The normalized spacial score (nSPS) is 10.3. The van der Waals surface area contributed by atoms with Crippen LogP contribution < -0.4 is 0 Å². The molecule has 0 aliphatic rings. The molecule has 0 unspecified atom stereocenters. The lowest BCUT2D eigenvalue weighted by molar-refractivity contribution is 0.501. The van der Waals surface area contributed by atoms with Gasteiger partial charge in [0.25, 0.3) is 0 Å². The molecule has 0 aliphatic carbocycles. The van der Waals surface area contributed by atoms with E-state index in [2.05, 4.69) is 0 Å². The molecule has 0 atom stereocenters. The Morgan fingerprint density at radius 2 is 2.00 bits per heavy atom. The van der Waals surface area contributed by atoms with Gasteiger partial charge in [0, 0.05) is 11.3 Å². The topological polar surface area (TPSA) is 0 Å². The molecule has 1 rings (SSSR count). The second-order valence-corrected chi connectivity index (χ2v) is 3.52. The van der Waals surface area contributed by atoms with Crippen molar-refractivity contribution in [3.63, 3.8) is 0 Å². The van der Waals surface area contributed by atoms with Crippen molar-refractivity contribution in [2.45, 2.75) is 12.7 Å². The van der Waals surface area contributed by atoms with Crippen LogP contribution >= 0.6 is 11.8 Å². The molecule has 0 aromatic heterocycles. The average Bonchev–Trinajstić information content (AvgIpc) is 2.00. The zero-order valence-electron chi connectivity index (χ0n) is 7.03. The number of rotatable bonds is 2. The van der Waals surface area contributed by atoms with E-state index in [-0.39, 0.29) is 0 Å². The Labute approximate surface area is 75.0 Å². The Bertz CT molecular complexity index is 284. The molecule has 0 bridgehead atoms. The highest BCUT2D eigenvalue weighted by Gasteiger charge is 2.07. The predicted molar refractivity (Wildman–Crippen MR) is 48.3 cm³/mol. The van der Waals surface area contributed by atoms with E-state index in [0.29, 0.717) is 11.3 Å². The van der Waals surface area contributed by atoms with E-state index in [1.54, 1.807) is 13.0 Å². The third-order valence-electron chi connectivity index (χ3n) is 1.55. The molecular weight excluding hydrogens is 178 g/mol. The van der Waals surface area contributed by atoms with Crippen molar-refractivity contribution >= 4 is 11.8 Å². The van der Waals surface area contributed by atoms with E-state index in [4.69, 9.17) is 0 Å². The first-order chi connectivity index (χ1) is 5.65. The summed E-state index contributed by atoms with van der Waals surface area (Å²) in [6, 6.07) is 2.88. The summed E-state index contributed by atoms with van der Waals surface area (Å²) in [6.07, 6.45) is 1.86. The Hall–Kier alpha value is -0.570. The quantitative estimate of drug-likeness (QED) is 0.687. The van der Waals surface area contributed by atoms with Crippen LogP contribution in [0.5, 0.6) is 0 Å². The zero-order valence-corrected chi connectivity index (χ0v) is 7.84. The first-order valence-electron chi connectivity index (χ1n) is 3.58. The van der Waals surface area contributed by atoms with Gasteiger partial charge in [0.1, 0.15) is 0 Å². The first-order valence-corrected chi connectivity index (χ1v) is 4.98. The van der Waals surface area contributed by atoms with Crippen LogP contribution in [0.2, 0.25) is 0 Å². The smallest absolute Gasteiger partial charge is 0.162 e. The van der Waals surface area contributed by atoms with E-state index in [1.165, 1.54) is 17.8 Å². The average molecular weight is 188 g/mol. The second kappa shape index (κ2) is 3.90. The van der Waals surface area contributed by atoms with Crippen LogP contribution in [0, 0.1) is 18.6 Å². The summed E-state index contributed by atoms with van der Waals surface area (Å²) in [4.78, 5) is 0. The molecule has 0 saturated carbocycles. The maximum atomic E-state index is 13.0. The Morgan fingerprint density at radius 3 is 2.58 bits per heavy atom. The van der Waals surface area contributed by atoms with Gasteiger partial charge in [-0.1, -0.05) is 6.07 Å². The molecule has 0 fully saturated rings. The summed E-state index contributed by atoms with van der Waals surface area (Å²) in [5.74, 6) is -0.946. The van der Waals surface area contributed by atoms with Gasteiger partial charge in [-0.2, -0.15) is 11.8 Å². The largest absolute Gasteiger partial charge is 0.204 e. The minimum Gasteiger partial charge on any atom is -0.204 e. The predicted octanol–water partition coefficient (Wildman–Crippen LogP) is 3.14. The molecule has 66 valence electrons. The lowest BCUT2D eigenvalue weighted by atomic mass is 10.1. The van der Waals surface area contributed by atoms with E-state index in [9.17, 15) is 8.78 Å². The van der Waals surface area contributed by atoms with Gasteiger partial charge in [-0.15, -0.1) is 0 Å². The van der Waals surface area contributed by atoms with E-state index in [1.807, 2.05) is 6.26 Å². The van der Waals surface area contributed by atoms with Crippen LogP contribution in [0.1, 0.15) is 11.1 Å². The van der Waals surface area contributed by atoms with E-state index in [0.717, 1.165) is 5.56 Å². The Kier molecular flexibility index (Phi) is 3.09. The Morgan fingerprint density at radius 1 is 1.33 bits per heavy atom. The number of aryl methyl sites for hydroxylation is 1. The highest BCUT2D eigenvalue weighted by molar-refractivity contribution is 7.97. The molecule has 0 nitrogen and oxygen atoms in total. The zero-order chi connectivity index (χ0) is 9.14. The fraction of sp³-hybridized carbons (Fsp3) is 0.333. The molecule has 0 radical (unpaired) electrons. The van der Waals surface area contributed by atoms with Gasteiger partial charge in [0.2, 0.25) is 0 Å². The van der Waals surface area contributed by atoms with Crippen molar-refractivity contribution in [3.8, 4) is 0 Å². The van der Waals surface area contributed by atoms with E-state index < -0.39 is 11.6 Å². The maximum Gasteiger partial charge on any atom is 0.162 e. The summed E-state index contributed by atoms with van der Waals surface area (Å²) in [6.45, 7) is 1.76. The summed E-state index contributed by atoms with van der Waals surface area (Å²) in [7, 11) is 0. The third-order valence-corrected chi connectivity index (χ3v) is 2.15. The second-order valence-electron chi connectivity index (χ2n) is 2.65. The van der Waals surface area contributed by atoms with E-state index >= 15 is 0 Å². The van der Waals surface area contributed by atoms with Gasteiger partial charge < -0.3 is 0 Å². The minimum absolute atomic E-state index is 0.444. The fourth-order valence-electron chi connectivity index (χ4n) is 1.06. The van der Waals surface area contributed by atoms with Crippen molar-refractivity contribution in [2.75, 3.05) is 6.26 Å². The summed E-state index contributed by atoms with van der Waals surface area (Å²) in [5, 5.41) is 0. The first kappa shape index (κ1) is 9.52. The van der Waals surface area contributed by atoms with Gasteiger partial charge in [0.05, 0.1) is 0 Å². The third kappa shape index (κ3) is 1.97. The monoisotopic (exact) mass is 188 g/mol. The molecule has 0 N–H and O–H groups in total. The maximum absolute atomic E-state index is 13.0. The van der Waals surface area contributed by atoms with Crippen LogP contribution in [0.4, 0.5) is 8.78 Å². The molecule has 0 heterocycles. The molecule has 1 aromatic carbocycles. The minimum atomic E-state index is -0.751. The van der Waals surface area contributed by atoms with Crippen molar-refractivity contribution in [1.29, 1.82) is 0 Å². The van der Waals surface area contributed by atoms with Crippen molar-refractivity contribution < 1.29 is 8.78 Å². The van der Waals surface area contributed by atoms with Crippen molar-refractivity contribution in [3.05, 3.63) is 34.9 Å². The van der Waals surface area contributed by atoms with Crippen molar-refractivity contribution in [1.82, 2.24) is 0 Å². The number of thioether (sulfide) groups is 1. The lowest BCUT2D eigenvalue weighted by Crippen LogP contribution is -1.93. The molecular formula is C9H10F2S. The van der Waals surface area contributed by atoms with Crippen LogP contribution in [-0.2, 0) is 5.75 Å². The summed E-state index contributed by atoms with van der Waals surface area (Å²) < 4.78 is 25.8. The van der Waals surface area contributed by atoms with Gasteiger partial charge in [-0.05, 0) is 24.8 Å². The number of halogens is 2. The lowest BCUT2D eigenvalue weighted by Gasteiger charge is -2.03. The highest BCUT2D eigenvalue weighted by Crippen LogP contribution is 2.18.